The minimum absolute atomic E-state index is 0.337. The van der Waals surface area contributed by atoms with Crippen molar-refractivity contribution in [2.24, 2.45) is 16.6 Å². The number of nitrogens with one attached hydrogen (secondary N) is 1. The van der Waals surface area contributed by atoms with Crippen LogP contribution in [0.4, 0.5) is 0 Å². The fourth-order valence-electron chi connectivity index (χ4n) is 4.21. The molecule has 4 fully saturated rings. The Morgan fingerprint density at radius 2 is 1.83 bits per heavy atom. The van der Waals surface area contributed by atoms with Gasteiger partial charge in [0.1, 0.15) is 23.9 Å². The molecule has 4 unspecified atom stereocenters. The molecule has 0 amide bonds. The quantitative estimate of drug-likeness (QED) is 0.227. The van der Waals surface area contributed by atoms with Gasteiger partial charge in [-0.05, 0) is 0 Å². The molecule has 1 spiro atoms. The molecule has 128 valence electrons. The predicted molar refractivity (Wildman–Crippen MR) is 66.3 cm³/mol. The van der Waals surface area contributed by atoms with Crippen LogP contribution in [0, 0.1) is 5.92 Å². The third-order valence-electron chi connectivity index (χ3n) is 5.19. The lowest BCUT2D eigenvalue weighted by Gasteiger charge is -2.70. The summed E-state index contributed by atoms with van der Waals surface area (Å²) in [5, 5.41) is 63.8. The van der Waals surface area contributed by atoms with Crippen LogP contribution in [0.5, 0.6) is 0 Å². The second-order valence-corrected chi connectivity index (χ2v) is 6.20. The number of carboxylic acid groups (broad SMARTS) is 1. The highest BCUT2D eigenvalue weighted by molar-refractivity contribution is 5.83. The first-order valence-corrected chi connectivity index (χ1v) is 6.78. The maximum Gasteiger partial charge on any atom is 0.341 e. The second kappa shape index (κ2) is 3.92. The average Bonchev–Trinajstić information content (AvgIpc) is 2.44. The van der Waals surface area contributed by atoms with Crippen molar-refractivity contribution >= 4 is 11.9 Å². The van der Waals surface area contributed by atoms with E-state index in [1.807, 2.05) is 0 Å². The van der Waals surface area contributed by atoms with Crippen LogP contribution in [0.1, 0.15) is 0 Å². The molecule has 3 saturated heterocycles. The number of carboxylic acids is 1. The highest BCUT2D eigenvalue weighted by Gasteiger charge is 2.84. The van der Waals surface area contributed by atoms with Crippen LogP contribution in [0.3, 0.4) is 0 Å². The van der Waals surface area contributed by atoms with Crippen molar-refractivity contribution in [2.75, 3.05) is 0 Å². The Morgan fingerprint density at radius 1 is 1.22 bits per heavy atom. The minimum Gasteiger partial charge on any atom is -0.479 e. The molecule has 4 bridgehead atoms. The lowest BCUT2D eigenvalue weighted by Crippen LogP contribution is -2.95. The van der Waals surface area contributed by atoms with Gasteiger partial charge in [-0.1, -0.05) is 0 Å². The van der Waals surface area contributed by atoms with E-state index < -0.39 is 59.6 Å². The Morgan fingerprint density at radius 3 is 2.43 bits per heavy atom. The number of aliphatic imine (C=N–C) groups is 1. The molecule has 5 rings (SSSR count). The first-order chi connectivity index (χ1) is 10.6. The van der Waals surface area contributed by atoms with Crippen molar-refractivity contribution < 1.29 is 44.9 Å². The Hall–Kier alpha value is -1.54. The summed E-state index contributed by atoms with van der Waals surface area (Å²) in [7, 11) is 0. The molecule has 9 N–H and O–H groups in total. The Balaban J connectivity index is 1.97. The normalized spacial score (nSPS) is 60.0. The smallest absolute Gasteiger partial charge is 0.341 e. The van der Waals surface area contributed by atoms with Crippen molar-refractivity contribution in [3.05, 3.63) is 0 Å². The second-order valence-electron chi connectivity index (χ2n) is 6.20. The first kappa shape index (κ1) is 15.0. The summed E-state index contributed by atoms with van der Waals surface area (Å²) in [6.07, 6.45) is -9.04. The largest absolute Gasteiger partial charge is 0.479 e. The van der Waals surface area contributed by atoms with Gasteiger partial charge in [-0.2, -0.15) is 0 Å². The topological polar surface area (TPSA) is 207 Å². The number of rotatable bonds is 1. The summed E-state index contributed by atoms with van der Waals surface area (Å²) in [5.74, 6) is -6.22. The number of aliphatic hydroxyl groups excluding tert-OH is 3. The number of aliphatic hydroxyl groups is 5. The molecule has 4 heterocycles. The molecule has 12 nitrogen and oxygen atoms in total. The van der Waals surface area contributed by atoms with Crippen LogP contribution in [0.25, 0.3) is 0 Å². The van der Waals surface area contributed by atoms with Crippen LogP contribution in [-0.2, 0) is 14.3 Å². The number of aliphatic carboxylic acids is 1. The van der Waals surface area contributed by atoms with Crippen molar-refractivity contribution in [2.45, 2.75) is 47.8 Å². The molecule has 4 aliphatic heterocycles. The standard InChI is InChI=1S/C11H15N3O9/c12-8-13-5(16)1-3-10(20,7(18)19)4-2(15)9(1,14-8)6(17)11(21,22-3)23-4/h1-6,15-17,20-21H,(H,18,19)(H3,12,13,14)/t1?,2-,3?,4?,5-,6+,9-,10+,11?/m1/s1. The van der Waals surface area contributed by atoms with E-state index in [1.54, 1.807) is 0 Å². The molecule has 0 aromatic carbocycles. The van der Waals surface area contributed by atoms with Crippen LogP contribution >= 0.6 is 0 Å². The van der Waals surface area contributed by atoms with Gasteiger partial charge < -0.3 is 51.2 Å². The van der Waals surface area contributed by atoms with E-state index in [-0.39, 0.29) is 5.96 Å². The summed E-state index contributed by atoms with van der Waals surface area (Å²) >= 11 is 0. The maximum atomic E-state index is 11.6. The van der Waals surface area contributed by atoms with E-state index >= 15 is 0 Å². The van der Waals surface area contributed by atoms with Gasteiger partial charge in [-0.3, -0.25) is 0 Å². The zero-order chi connectivity index (χ0) is 16.9. The number of nitrogens with zero attached hydrogens (tertiary/aromatic N) is 1. The van der Waals surface area contributed by atoms with E-state index in [0.29, 0.717) is 0 Å². The lowest BCUT2D eigenvalue weighted by atomic mass is 9.55. The fraction of sp³-hybridized carbons (Fsp3) is 0.818. The molecule has 5 aliphatic rings. The Labute approximate surface area is 127 Å². The van der Waals surface area contributed by atoms with Gasteiger partial charge in [-0.15, -0.1) is 0 Å². The van der Waals surface area contributed by atoms with Crippen molar-refractivity contribution in [3.8, 4) is 0 Å². The van der Waals surface area contributed by atoms with Gasteiger partial charge in [0.05, 0.1) is 5.92 Å². The molecule has 12 heteroatoms. The zero-order valence-electron chi connectivity index (χ0n) is 11.4. The number of guanidine groups is 1. The predicted octanol–water partition coefficient (Wildman–Crippen LogP) is -5.43. The monoisotopic (exact) mass is 333 g/mol. The molecular weight excluding hydrogens is 318 g/mol. The van der Waals surface area contributed by atoms with E-state index in [0.717, 1.165) is 0 Å². The third-order valence-corrected chi connectivity index (χ3v) is 5.19. The molecule has 23 heavy (non-hydrogen) atoms. The van der Waals surface area contributed by atoms with E-state index in [9.17, 15) is 35.4 Å². The molecule has 0 aromatic heterocycles. The third kappa shape index (κ3) is 1.37. The lowest BCUT2D eigenvalue weighted by molar-refractivity contribution is -0.542. The molecule has 1 saturated carbocycles. The highest BCUT2D eigenvalue weighted by Crippen LogP contribution is 2.58. The molecule has 0 radical (unpaired) electrons. The van der Waals surface area contributed by atoms with Gasteiger partial charge in [0, 0.05) is 0 Å². The summed E-state index contributed by atoms with van der Waals surface area (Å²) < 4.78 is 9.98. The van der Waals surface area contributed by atoms with Gasteiger partial charge in [0.25, 0.3) is 0 Å². The van der Waals surface area contributed by atoms with Gasteiger partial charge >= 0.3 is 11.9 Å². The van der Waals surface area contributed by atoms with Crippen molar-refractivity contribution in [3.63, 3.8) is 0 Å². The minimum atomic E-state index is -2.77. The van der Waals surface area contributed by atoms with Gasteiger partial charge in [-0.25, -0.2) is 9.79 Å². The maximum absolute atomic E-state index is 11.6. The van der Waals surface area contributed by atoms with Crippen LogP contribution in [-0.4, -0.2) is 90.3 Å². The van der Waals surface area contributed by atoms with Gasteiger partial charge in [0.15, 0.2) is 18.3 Å². The number of hydrogen-bond donors (Lipinski definition) is 8. The van der Waals surface area contributed by atoms with E-state index in [1.165, 1.54) is 0 Å². The average molecular weight is 333 g/mol. The van der Waals surface area contributed by atoms with Crippen LogP contribution in [0.15, 0.2) is 4.99 Å². The Kier molecular flexibility index (Phi) is 2.56. The summed E-state index contributed by atoms with van der Waals surface area (Å²) in [6, 6.07) is 0. The van der Waals surface area contributed by atoms with Crippen LogP contribution < -0.4 is 11.1 Å². The molecule has 1 aliphatic carbocycles. The van der Waals surface area contributed by atoms with E-state index in [2.05, 4.69) is 10.3 Å². The molecule has 9 atom stereocenters. The zero-order valence-corrected chi connectivity index (χ0v) is 11.4. The number of carbonyl (C=O) groups is 1. The first-order valence-electron chi connectivity index (χ1n) is 6.78. The fourth-order valence-corrected chi connectivity index (χ4v) is 4.21. The summed E-state index contributed by atoms with van der Waals surface area (Å²) in [5.41, 5.74) is 0.849. The molecular formula is C11H15N3O9. The summed E-state index contributed by atoms with van der Waals surface area (Å²) in [6.45, 7) is 0. The van der Waals surface area contributed by atoms with Crippen molar-refractivity contribution in [1.29, 1.82) is 0 Å². The number of nitrogens with two attached hydrogens (primary N) is 1. The van der Waals surface area contributed by atoms with Crippen LogP contribution in [0.2, 0.25) is 0 Å². The van der Waals surface area contributed by atoms with E-state index in [4.69, 9.17) is 15.2 Å². The van der Waals surface area contributed by atoms with Crippen molar-refractivity contribution in [1.82, 2.24) is 5.32 Å². The number of hydrogen-bond acceptors (Lipinski definition) is 11. The molecule has 0 aromatic rings. The highest BCUT2D eigenvalue weighted by atomic mass is 16.9. The Bertz CT molecular complexity index is 630. The summed E-state index contributed by atoms with van der Waals surface area (Å²) in [4.78, 5) is 15.2. The number of ether oxygens (including phenoxy) is 2. The SMILES string of the molecule is NC1=N[C@H](O)C2C3OC4(O)OC([C@@H](O)[C@@]2(N1)[C@@H]4O)[C@]3(O)C(=O)O. The van der Waals surface area contributed by atoms with Gasteiger partial charge in [0.2, 0.25) is 5.60 Å².